The van der Waals surface area contributed by atoms with Gasteiger partial charge in [0.15, 0.2) is 12.0 Å². The number of nitrogens with zero attached hydrogens (tertiary/aromatic N) is 1. The summed E-state index contributed by atoms with van der Waals surface area (Å²) in [4.78, 5) is 12.0. The van der Waals surface area contributed by atoms with Crippen LogP contribution in [0.5, 0.6) is 5.75 Å². The lowest BCUT2D eigenvalue weighted by Gasteiger charge is -2.05. The minimum absolute atomic E-state index is 0.0207. The summed E-state index contributed by atoms with van der Waals surface area (Å²) in [7, 11) is 0. The van der Waals surface area contributed by atoms with Crippen LogP contribution in [0.3, 0.4) is 0 Å². The highest BCUT2D eigenvalue weighted by atomic mass is 16.5. The van der Waals surface area contributed by atoms with Gasteiger partial charge < -0.3 is 10.3 Å². The molecule has 4 nitrogen and oxygen atoms in total. The average Bonchev–Trinajstić information content (AvgIpc) is 2.35. The summed E-state index contributed by atoms with van der Waals surface area (Å²) in [6.45, 7) is 1.76. The van der Waals surface area contributed by atoms with Gasteiger partial charge >= 0.3 is 0 Å². The van der Waals surface area contributed by atoms with Crippen molar-refractivity contribution in [3.8, 4) is 5.75 Å². The zero-order valence-electron chi connectivity index (χ0n) is 9.96. The molecule has 1 aromatic carbocycles. The summed E-state index contributed by atoms with van der Waals surface area (Å²) in [6.07, 6.45) is 1.38. The zero-order valence-corrected chi connectivity index (χ0v) is 9.96. The highest BCUT2D eigenvalue weighted by Gasteiger charge is 2.13. The Bertz CT molecular complexity index is 593. The van der Waals surface area contributed by atoms with Crippen LogP contribution in [0.4, 0.5) is 0 Å². The molecule has 4 heteroatoms. The molecule has 0 saturated carbocycles. The summed E-state index contributed by atoms with van der Waals surface area (Å²) in [5, 5.41) is 21.0. The number of aromatic nitrogens is 1. The molecule has 0 aliphatic heterocycles. The molecule has 1 aromatic heterocycles. The monoisotopic (exact) mass is 243 g/mol. The summed E-state index contributed by atoms with van der Waals surface area (Å²) in [5.41, 5.74) is 1.51. The molecular weight excluding hydrogens is 230 g/mol. The van der Waals surface area contributed by atoms with Gasteiger partial charge in [0.05, 0.1) is 6.42 Å². The molecule has 2 rings (SSSR count). The number of hydrogen-bond donors (Lipinski definition) is 1. The molecule has 92 valence electrons. The number of hydrogen-bond acceptors (Lipinski definition) is 3. The van der Waals surface area contributed by atoms with Gasteiger partial charge in [-0.15, -0.1) is 0 Å². The van der Waals surface area contributed by atoms with E-state index in [1.54, 1.807) is 37.3 Å². The number of ketones is 1. The van der Waals surface area contributed by atoms with Crippen molar-refractivity contribution in [1.82, 2.24) is 0 Å². The lowest BCUT2D eigenvalue weighted by molar-refractivity contribution is -0.613. The maximum atomic E-state index is 12.0. The molecule has 0 bridgehead atoms. The summed E-state index contributed by atoms with van der Waals surface area (Å²) < 4.78 is 0.673. The van der Waals surface area contributed by atoms with Crippen molar-refractivity contribution in [3.05, 3.63) is 64.6 Å². The zero-order chi connectivity index (χ0) is 13.1. The highest BCUT2D eigenvalue weighted by Crippen LogP contribution is 2.18. The van der Waals surface area contributed by atoms with E-state index in [-0.39, 0.29) is 18.0 Å². The van der Waals surface area contributed by atoms with E-state index in [9.17, 15) is 15.1 Å². The minimum Gasteiger partial charge on any atom is -0.618 e. The van der Waals surface area contributed by atoms with E-state index in [0.717, 1.165) is 0 Å². The van der Waals surface area contributed by atoms with Gasteiger partial charge in [0, 0.05) is 17.7 Å². The Morgan fingerprint density at radius 3 is 2.78 bits per heavy atom. The molecule has 0 amide bonds. The van der Waals surface area contributed by atoms with Crippen LogP contribution >= 0.6 is 0 Å². The Balaban J connectivity index is 2.22. The molecule has 0 unspecified atom stereocenters. The van der Waals surface area contributed by atoms with Crippen LogP contribution in [-0.2, 0) is 6.42 Å². The fourth-order valence-corrected chi connectivity index (χ4v) is 1.65. The summed E-state index contributed by atoms with van der Waals surface area (Å²) >= 11 is 0. The van der Waals surface area contributed by atoms with Crippen molar-refractivity contribution in [2.24, 2.45) is 0 Å². The molecule has 1 N–H and O–H groups in total. The first-order valence-corrected chi connectivity index (χ1v) is 5.58. The lowest BCUT2D eigenvalue weighted by Crippen LogP contribution is -2.32. The molecule has 2 aromatic rings. The topological polar surface area (TPSA) is 64.2 Å². The second-order valence-corrected chi connectivity index (χ2v) is 4.12. The molecule has 0 atom stereocenters. The van der Waals surface area contributed by atoms with Gasteiger partial charge in [0.2, 0.25) is 5.69 Å². The standard InChI is InChI=1S/C14H13NO3/c1-10-5-6-11(8-13(10)16)14(17)9-12-4-2-3-7-15(12)18/h2-8,16H,9H2,1H3. The molecule has 0 aliphatic rings. The Morgan fingerprint density at radius 1 is 1.33 bits per heavy atom. The van der Waals surface area contributed by atoms with E-state index in [1.165, 1.54) is 12.3 Å². The van der Waals surface area contributed by atoms with Crippen LogP contribution in [0.15, 0.2) is 42.6 Å². The van der Waals surface area contributed by atoms with Crippen molar-refractivity contribution in [2.75, 3.05) is 0 Å². The smallest absolute Gasteiger partial charge is 0.200 e. The lowest BCUT2D eigenvalue weighted by atomic mass is 10.0. The predicted molar refractivity (Wildman–Crippen MR) is 66.3 cm³/mol. The maximum Gasteiger partial charge on any atom is 0.200 e. The minimum atomic E-state index is -0.193. The summed E-state index contributed by atoms with van der Waals surface area (Å²) in [6, 6.07) is 9.69. The molecule has 0 radical (unpaired) electrons. The van der Waals surface area contributed by atoms with E-state index in [4.69, 9.17) is 0 Å². The predicted octanol–water partition coefficient (Wildman–Crippen LogP) is 1.76. The van der Waals surface area contributed by atoms with Crippen LogP contribution in [-0.4, -0.2) is 10.9 Å². The van der Waals surface area contributed by atoms with Gasteiger partial charge in [-0.25, -0.2) is 0 Å². The summed E-state index contributed by atoms with van der Waals surface area (Å²) in [5.74, 6) is -0.106. The molecular formula is C14H13NO3. The Morgan fingerprint density at radius 2 is 2.11 bits per heavy atom. The van der Waals surface area contributed by atoms with Gasteiger partial charge in [-0.05, 0) is 24.6 Å². The van der Waals surface area contributed by atoms with Crippen molar-refractivity contribution in [2.45, 2.75) is 13.3 Å². The van der Waals surface area contributed by atoms with Gasteiger partial charge in [0.25, 0.3) is 0 Å². The molecule has 18 heavy (non-hydrogen) atoms. The van der Waals surface area contributed by atoms with E-state index in [0.29, 0.717) is 21.6 Å². The van der Waals surface area contributed by atoms with Crippen molar-refractivity contribution >= 4 is 5.78 Å². The Kier molecular flexibility index (Phi) is 3.28. The number of rotatable bonds is 3. The highest BCUT2D eigenvalue weighted by molar-refractivity contribution is 5.97. The van der Waals surface area contributed by atoms with Gasteiger partial charge in [0.1, 0.15) is 5.75 Å². The van der Waals surface area contributed by atoms with Crippen molar-refractivity contribution in [1.29, 1.82) is 0 Å². The van der Waals surface area contributed by atoms with E-state index >= 15 is 0 Å². The van der Waals surface area contributed by atoms with Crippen LogP contribution in [0.1, 0.15) is 21.6 Å². The first kappa shape index (κ1) is 12.1. The molecule has 0 saturated heterocycles. The maximum absolute atomic E-state index is 12.0. The first-order valence-electron chi connectivity index (χ1n) is 5.58. The van der Waals surface area contributed by atoms with Crippen molar-refractivity contribution < 1.29 is 14.6 Å². The Labute approximate surface area is 105 Å². The Hall–Kier alpha value is -2.36. The number of carbonyl (C=O) groups is 1. The third-order valence-electron chi connectivity index (χ3n) is 2.78. The van der Waals surface area contributed by atoms with Gasteiger partial charge in [-0.1, -0.05) is 12.1 Å². The molecule has 0 fully saturated rings. The number of aromatic hydroxyl groups is 1. The van der Waals surface area contributed by atoms with Crippen molar-refractivity contribution in [3.63, 3.8) is 0 Å². The third kappa shape index (κ3) is 2.48. The quantitative estimate of drug-likeness (QED) is 0.507. The fraction of sp³-hybridized carbons (Fsp3) is 0.143. The van der Waals surface area contributed by atoms with Gasteiger partial charge in [-0.2, -0.15) is 4.73 Å². The number of phenols is 1. The first-order chi connectivity index (χ1) is 8.58. The van der Waals surface area contributed by atoms with Crippen LogP contribution in [0.25, 0.3) is 0 Å². The number of aryl methyl sites for hydroxylation is 1. The fourth-order valence-electron chi connectivity index (χ4n) is 1.65. The average molecular weight is 243 g/mol. The number of carbonyl (C=O) groups excluding carboxylic acids is 1. The molecule has 0 spiro atoms. The van der Waals surface area contributed by atoms with E-state index in [1.807, 2.05) is 0 Å². The van der Waals surface area contributed by atoms with Crippen LogP contribution in [0.2, 0.25) is 0 Å². The second kappa shape index (κ2) is 4.87. The largest absolute Gasteiger partial charge is 0.618 e. The molecule has 1 heterocycles. The second-order valence-electron chi connectivity index (χ2n) is 4.12. The number of Topliss-reactive ketones (excluding diaryl/α,β-unsaturated/α-hetero) is 1. The number of phenolic OH excluding ortho intramolecular Hbond substituents is 1. The molecule has 0 aliphatic carbocycles. The number of pyridine rings is 1. The number of benzene rings is 1. The van der Waals surface area contributed by atoms with E-state index < -0.39 is 0 Å². The SMILES string of the molecule is Cc1ccc(C(=O)Cc2cccc[n+]2[O-])cc1O. The van der Waals surface area contributed by atoms with Gasteiger partial charge in [-0.3, -0.25) is 4.79 Å². The van der Waals surface area contributed by atoms with E-state index in [2.05, 4.69) is 0 Å². The van der Waals surface area contributed by atoms with Crippen LogP contribution in [0, 0.1) is 12.1 Å². The third-order valence-corrected chi connectivity index (χ3v) is 2.78. The van der Waals surface area contributed by atoms with Crippen LogP contribution < -0.4 is 4.73 Å². The normalized spacial score (nSPS) is 10.3.